The lowest BCUT2D eigenvalue weighted by molar-refractivity contribution is -0.130. The normalized spacial score (nSPS) is 13.2. The molecule has 3 nitrogen and oxygen atoms in total. The topological polar surface area (TPSA) is 46.5 Å². The van der Waals surface area contributed by atoms with E-state index >= 15 is 0 Å². The van der Waals surface area contributed by atoms with Gasteiger partial charge in [-0.05, 0) is 29.3 Å². The minimum atomic E-state index is -0.922. The molecule has 0 spiro atoms. The second-order valence-electron chi connectivity index (χ2n) is 4.31. The average molecular weight is 252 g/mol. The fourth-order valence-electron chi connectivity index (χ4n) is 2.20. The first-order valence-electron chi connectivity index (χ1n) is 6.02. The van der Waals surface area contributed by atoms with Gasteiger partial charge < -0.3 is 9.84 Å². The monoisotopic (exact) mass is 252 g/mol. The van der Waals surface area contributed by atoms with Crippen molar-refractivity contribution in [1.82, 2.24) is 0 Å². The molecule has 0 saturated carbocycles. The van der Waals surface area contributed by atoms with Crippen LogP contribution in [-0.4, -0.2) is 17.7 Å². The van der Waals surface area contributed by atoms with Gasteiger partial charge in [0.25, 0.3) is 0 Å². The summed E-state index contributed by atoms with van der Waals surface area (Å²) >= 11 is 0. The third-order valence-corrected chi connectivity index (χ3v) is 3.13. The third kappa shape index (κ3) is 2.10. The largest absolute Gasteiger partial charge is 0.489 e. The van der Waals surface area contributed by atoms with Gasteiger partial charge in [0.1, 0.15) is 12.4 Å². The molecule has 2 aromatic carbocycles. The maximum absolute atomic E-state index is 11.2. The van der Waals surface area contributed by atoms with Crippen molar-refractivity contribution < 1.29 is 14.6 Å². The molecule has 0 fully saturated rings. The Morgan fingerprint density at radius 3 is 2.58 bits per heavy atom. The van der Waals surface area contributed by atoms with E-state index in [1.54, 1.807) is 6.08 Å². The van der Waals surface area contributed by atoms with Crippen molar-refractivity contribution in [3.63, 3.8) is 0 Å². The Hall–Kier alpha value is -2.55. The van der Waals surface area contributed by atoms with Gasteiger partial charge in [-0.15, -0.1) is 0 Å². The van der Waals surface area contributed by atoms with Crippen LogP contribution in [0.4, 0.5) is 0 Å². The highest BCUT2D eigenvalue weighted by Crippen LogP contribution is 2.33. The second-order valence-corrected chi connectivity index (χ2v) is 4.31. The zero-order valence-electron chi connectivity index (χ0n) is 10.2. The summed E-state index contributed by atoms with van der Waals surface area (Å²) < 4.78 is 5.45. The molecular weight excluding hydrogens is 240 g/mol. The van der Waals surface area contributed by atoms with Crippen LogP contribution in [0.2, 0.25) is 0 Å². The van der Waals surface area contributed by atoms with E-state index in [4.69, 9.17) is 4.74 Å². The van der Waals surface area contributed by atoms with Crippen LogP contribution in [0.15, 0.2) is 54.6 Å². The molecule has 3 heteroatoms. The number of carbonyl (C=O) groups is 1. The van der Waals surface area contributed by atoms with Crippen molar-refractivity contribution in [1.29, 1.82) is 0 Å². The van der Waals surface area contributed by atoms with Crippen molar-refractivity contribution in [2.75, 3.05) is 6.61 Å². The van der Waals surface area contributed by atoms with E-state index in [0.29, 0.717) is 23.5 Å². The first-order valence-corrected chi connectivity index (χ1v) is 6.02. The Labute approximate surface area is 110 Å². The van der Waals surface area contributed by atoms with Crippen LogP contribution in [0.1, 0.15) is 5.56 Å². The number of rotatable bonds is 2. The first kappa shape index (κ1) is 11.5. The van der Waals surface area contributed by atoms with Gasteiger partial charge in [-0.3, -0.25) is 0 Å². The maximum Gasteiger partial charge on any atom is 0.336 e. The van der Waals surface area contributed by atoms with Crippen molar-refractivity contribution in [2.45, 2.75) is 0 Å². The van der Waals surface area contributed by atoms with E-state index in [1.807, 2.05) is 48.5 Å². The summed E-state index contributed by atoms with van der Waals surface area (Å²) in [6.45, 7) is 0.305. The number of carboxylic acids is 1. The standard InChI is InChI=1S/C16H12O3/c17-16(18)13-8-9-19-15-7-6-12(10-14(13)15)11-4-2-1-3-5-11/h1-8,10H,9H2,(H,17,18). The summed E-state index contributed by atoms with van der Waals surface area (Å²) in [7, 11) is 0. The van der Waals surface area contributed by atoms with Gasteiger partial charge in [0, 0.05) is 5.56 Å². The zero-order valence-corrected chi connectivity index (χ0v) is 10.2. The summed E-state index contributed by atoms with van der Waals surface area (Å²) in [6, 6.07) is 15.5. The molecule has 1 aliphatic heterocycles. The molecule has 3 rings (SSSR count). The van der Waals surface area contributed by atoms with Crippen molar-refractivity contribution >= 4 is 11.5 Å². The quantitative estimate of drug-likeness (QED) is 0.892. The fraction of sp³-hybridized carbons (Fsp3) is 0.0625. The lowest BCUT2D eigenvalue weighted by Gasteiger charge is -2.17. The highest BCUT2D eigenvalue weighted by atomic mass is 16.5. The Bertz CT molecular complexity index is 657. The van der Waals surface area contributed by atoms with Gasteiger partial charge in [-0.25, -0.2) is 4.79 Å². The highest BCUT2D eigenvalue weighted by Gasteiger charge is 2.19. The number of carboxylic acid groups (broad SMARTS) is 1. The predicted molar refractivity (Wildman–Crippen MR) is 73.0 cm³/mol. The number of hydrogen-bond acceptors (Lipinski definition) is 2. The molecule has 0 bridgehead atoms. The molecule has 0 amide bonds. The van der Waals surface area contributed by atoms with Gasteiger partial charge in [-0.1, -0.05) is 36.4 Å². The summed E-state index contributed by atoms with van der Waals surface area (Å²) in [5.41, 5.74) is 2.98. The zero-order chi connectivity index (χ0) is 13.2. The molecule has 1 aliphatic rings. The summed E-state index contributed by atoms with van der Waals surface area (Å²) in [5.74, 6) is -0.297. The molecule has 19 heavy (non-hydrogen) atoms. The molecule has 94 valence electrons. The Kier molecular flexibility index (Phi) is 2.80. The lowest BCUT2D eigenvalue weighted by atomic mass is 9.97. The molecule has 1 heterocycles. The highest BCUT2D eigenvalue weighted by molar-refractivity contribution is 6.16. The Morgan fingerprint density at radius 1 is 1.05 bits per heavy atom. The second kappa shape index (κ2) is 4.61. The third-order valence-electron chi connectivity index (χ3n) is 3.13. The van der Waals surface area contributed by atoms with Crippen LogP contribution in [0.25, 0.3) is 16.7 Å². The van der Waals surface area contributed by atoms with E-state index in [2.05, 4.69) is 0 Å². The van der Waals surface area contributed by atoms with E-state index in [-0.39, 0.29) is 0 Å². The minimum absolute atomic E-state index is 0.305. The van der Waals surface area contributed by atoms with Crippen LogP contribution in [-0.2, 0) is 4.79 Å². The summed E-state index contributed by atoms with van der Waals surface area (Å²) in [5, 5.41) is 9.22. The molecule has 0 unspecified atom stereocenters. The number of benzene rings is 2. The Balaban J connectivity index is 2.11. The van der Waals surface area contributed by atoms with Gasteiger partial charge >= 0.3 is 5.97 Å². The van der Waals surface area contributed by atoms with Gasteiger partial charge in [0.05, 0.1) is 5.57 Å². The van der Waals surface area contributed by atoms with Gasteiger partial charge in [-0.2, -0.15) is 0 Å². The fourth-order valence-corrected chi connectivity index (χ4v) is 2.20. The van der Waals surface area contributed by atoms with Gasteiger partial charge in [0.2, 0.25) is 0 Å². The van der Waals surface area contributed by atoms with E-state index in [0.717, 1.165) is 11.1 Å². The molecule has 0 atom stereocenters. The number of aliphatic carboxylic acids is 1. The SMILES string of the molecule is O=C(O)C1=CCOc2ccc(-c3ccccc3)cc21. The van der Waals surface area contributed by atoms with Crippen molar-refractivity contribution in [2.24, 2.45) is 0 Å². The first-order chi connectivity index (χ1) is 9.25. The van der Waals surface area contributed by atoms with Crippen LogP contribution in [0.3, 0.4) is 0 Å². The molecule has 0 saturated heterocycles. The summed E-state index contributed by atoms with van der Waals surface area (Å²) in [4.78, 5) is 11.2. The van der Waals surface area contributed by atoms with Crippen LogP contribution in [0.5, 0.6) is 5.75 Å². The van der Waals surface area contributed by atoms with Crippen molar-refractivity contribution in [3.05, 3.63) is 60.2 Å². The smallest absolute Gasteiger partial charge is 0.336 e. The predicted octanol–water partition coefficient (Wildman–Crippen LogP) is 3.21. The molecular formula is C16H12O3. The van der Waals surface area contributed by atoms with E-state index in [9.17, 15) is 9.90 Å². The number of hydrogen-bond donors (Lipinski definition) is 1. The number of ether oxygens (including phenoxy) is 1. The van der Waals surface area contributed by atoms with Crippen molar-refractivity contribution in [3.8, 4) is 16.9 Å². The van der Waals surface area contributed by atoms with Gasteiger partial charge in [0.15, 0.2) is 0 Å². The molecule has 1 N–H and O–H groups in total. The minimum Gasteiger partial charge on any atom is -0.489 e. The molecule has 0 radical (unpaired) electrons. The van der Waals surface area contributed by atoms with Crippen LogP contribution in [0, 0.1) is 0 Å². The number of fused-ring (bicyclic) bond motifs is 1. The summed E-state index contributed by atoms with van der Waals surface area (Å²) in [6.07, 6.45) is 1.60. The van der Waals surface area contributed by atoms with E-state index < -0.39 is 5.97 Å². The lowest BCUT2D eigenvalue weighted by Crippen LogP contribution is -2.10. The van der Waals surface area contributed by atoms with Crippen LogP contribution < -0.4 is 4.74 Å². The van der Waals surface area contributed by atoms with Crippen LogP contribution >= 0.6 is 0 Å². The maximum atomic E-state index is 11.2. The molecule has 0 aromatic heterocycles. The average Bonchev–Trinajstić information content (AvgIpc) is 2.47. The van der Waals surface area contributed by atoms with E-state index in [1.165, 1.54) is 0 Å². The molecule has 2 aromatic rings. The Morgan fingerprint density at radius 2 is 1.84 bits per heavy atom. The molecule has 0 aliphatic carbocycles.